The van der Waals surface area contributed by atoms with Gasteiger partial charge >= 0.3 is 5.97 Å². The normalized spacial score (nSPS) is 13.7. The predicted octanol–water partition coefficient (Wildman–Crippen LogP) is -1.62. The summed E-state index contributed by atoms with van der Waals surface area (Å²) in [5.41, 5.74) is 5.94. The Morgan fingerprint density at radius 2 is 1.61 bits per heavy atom. The lowest BCUT2D eigenvalue weighted by atomic mass is 10.0. The van der Waals surface area contributed by atoms with Crippen LogP contribution in [0.4, 0.5) is 0 Å². The number of thiol groups is 1. The first-order chi connectivity index (χ1) is 13.2. The molecular weight excluding hydrogens is 388 g/mol. The third-order valence-electron chi connectivity index (χ3n) is 3.76. The zero-order valence-electron chi connectivity index (χ0n) is 15.2. The summed E-state index contributed by atoms with van der Waals surface area (Å²) in [5.74, 6) is -3.20. The average molecular weight is 412 g/mol. The number of aromatic hydroxyl groups is 1. The smallest absolute Gasteiger partial charge is 0.325 e. The molecule has 0 heterocycles. The fraction of sp³-hybridized carbons (Fsp3) is 0.412. The Bertz CT molecular complexity index is 712. The van der Waals surface area contributed by atoms with Crippen LogP contribution in [0.3, 0.4) is 0 Å². The maximum Gasteiger partial charge on any atom is 0.325 e. The van der Waals surface area contributed by atoms with Crippen LogP contribution in [0.5, 0.6) is 5.75 Å². The monoisotopic (exact) mass is 412 g/mol. The van der Waals surface area contributed by atoms with Gasteiger partial charge in [-0.2, -0.15) is 12.6 Å². The van der Waals surface area contributed by atoms with Gasteiger partial charge in [-0.1, -0.05) is 12.1 Å². The molecule has 1 aromatic rings. The topological polar surface area (TPSA) is 171 Å². The quantitative estimate of drug-likeness (QED) is 0.226. The van der Waals surface area contributed by atoms with Crippen molar-refractivity contribution in [3.8, 4) is 5.75 Å². The summed E-state index contributed by atoms with van der Waals surface area (Å²) in [7, 11) is 0. The highest BCUT2D eigenvalue weighted by Gasteiger charge is 2.27. The number of rotatable bonds is 10. The molecule has 0 radical (unpaired) electrons. The van der Waals surface area contributed by atoms with Gasteiger partial charge in [-0.15, -0.1) is 0 Å². The van der Waals surface area contributed by atoms with E-state index in [2.05, 4.69) is 28.6 Å². The van der Waals surface area contributed by atoms with Crippen LogP contribution in [0.25, 0.3) is 0 Å². The molecule has 1 aromatic carbocycles. The molecule has 0 spiro atoms. The summed E-state index contributed by atoms with van der Waals surface area (Å²) < 4.78 is 0. The molecule has 0 saturated heterocycles. The van der Waals surface area contributed by atoms with Crippen molar-refractivity contribution in [2.75, 3.05) is 12.3 Å². The molecule has 0 aromatic heterocycles. The molecule has 0 fully saturated rings. The summed E-state index contributed by atoms with van der Waals surface area (Å²) in [4.78, 5) is 47.3. The number of amides is 3. The third-order valence-corrected chi connectivity index (χ3v) is 4.12. The highest BCUT2D eigenvalue weighted by Crippen LogP contribution is 2.11. The number of aliphatic carboxylic acids is 1. The zero-order chi connectivity index (χ0) is 21.3. The van der Waals surface area contributed by atoms with E-state index in [1.165, 1.54) is 19.1 Å². The molecule has 1 rings (SSSR count). The summed E-state index contributed by atoms with van der Waals surface area (Å²) in [6, 6.07) is 2.76. The van der Waals surface area contributed by atoms with Gasteiger partial charge in [0.1, 0.15) is 23.9 Å². The van der Waals surface area contributed by atoms with Crippen molar-refractivity contribution in [3.05, 3.63) is 29.8 Å². The van der Waals surface area contributed by atoms with Crippen molar-refractivity contribution in [1.82, 2.24) is 16.0 Å². The first-order valence-electron chi connectivity index (χ1n) is 8.39. The highest BCUT2D eigenvalue weighted by atomic mass is 32.1. The first kappa shape index (κ1) is 23.2. The number of benzene rings is 1. The molecule has 3 amide bonds. The van der Waals surface area contributed by atoms with E-state index in [1.807, 2.05) is 0 Å². The molecule has 10 nitrogen and oxygen atoms in total. The van der Waals surface area contributed by atoms with Gasteiger partial charge in [0.25, 0.3) is 0 Å². The summed E-state index contributed by atoms with van der Waals surface area (Å²) in [6.45, 7) is 0.957. The Kier molecular flexibility index (Phi) is 9.25. The second kappa shape index (κ2) is 11.1. The van der Waals surface area contributed by atoms with Crippen molar-refractivity contribution < 1.29 is 29.4 Å². The second-order valence-electron chi connectivity index (χ2n) is 6.01. The molecule has 7 N–H and O–H groups in total. The Labute approximate surface area is 167 Å². The molecule has 0 bridgehead atoms. The third kappa shape index (κ3) is 7.45. The Morgan fingerprint density at radius 3 is 2.11 bits per heavy atom. The van der Waals surface area contributed by atoms with Gasteiger partial charge in [0, 0.05) is 12.2 Å². The van der Waals surface area contributed by atoms with Crippen LogP contribution in [0.2, 0.25) is 0 Å². The molecule has 0 aliphatic rings. The fourth-order valence-corrected chi connectivity index (χ4v) is 2.43. The standard InChI is InChI=1S/C17H24N4O6S/c1-9(17(26)27)19-16(25)13(8-28)21-15(24)12(20-14(23)7-18)6-10-2-4-11(22)5-3-10/h2-5,9,12-13,22,28H,6-8,18H2,1H3,(H,19,25)(H,20,23)(H,21,24)(H,26,27). The highest BCUT2D eigenvalue weighted by molar-refractivity contribution is 7.80. The van der Waals surface area contributed by atoms with Gasteiger partial charge < -0.3 is 31.9 Å². The predicted molar refractivity (Wildman–Crippen MR) is 104 cm³/mol. The lowest BCUT2D eigenvalue weighted by Crippen LogP contribution is -2.57. The van der Waals surface area contributed by atoms with Crippen molar-refractivity contribution >= 4 is 36.3 Å². The maximum atomic E-state index is 12.6. The van der Waals surface area contributed by atoms with Crippen LogP contribution in [-0.4, -0.2) is 64.3 Å². The number of hydrogen-bond acceptors (Lipinski definition) is 7. The van der Waals surface area contributed by atoms with Crippen LogP contribution in [0.15, 0.2) is 24.3 Å². The fourth-order valence-electron chi connectivity index (χ4n) is 2.17. The van der Waals surface area contributed by atoms with E-state index in [0.29, 0.717) is 5.56 Å². The van der Waals surface area contributed by atoms with Gasteiger partial charge in [0.2, 0.25) is 17.7 Å². The van der Waals surface area contributed by atoms with E-state index in [1.54, 1.807) is 12.1 Å². The zero-order valence-corrected chi connectivity index (χ0v) is 16.1. The van der Waals surface area contributed by atoms with Crippen molar-refractivity contribution in [2.45, 2.75) is 31.5 Å². The van der Waals surface area contributed by atoms with E-state index >= 15 is 0 Å². The number of carboxylic acid groups (broad SMARTS) is 1. The number of hydrogen-bond donors (Lipinski definition) is 7. The minimum absolute atomic E-state index is 0.0510. The Hall–Kier alpha value is -2.79. The summed E-state index contributed by atoms with van der Waals surface area (Å²) in [6.07, 6.45) is 0.0876. The van der Waals surface area contributed by atoms with Gasteiger partial charge in [0.15, 0.2) is 0 Å². The number of carbonyl (C=O) groups excluding carboxylic acids is 3. The molecule has 28 heavy (non-hydrogen) atoms. The molecular formula is C17H24N4O6S. The van der Waals surface area contributed by atoms with Crippen LogP contribution >= 0.6 is 12.6 Å². The minimum atomic E-state index is -1.22. The van der Waals surface area contributed by atoms with Gasteiger partial charge in [-0.3, -0.25) is 19.2 Å². The van der Waals surface area contributed by atoms with Gasteiger partial charge in [-0.05, 0) is 24.6 Å². The number of phenols is 1. The lowest BCUT2D eigenvalue weighted by Gasteiger charge is -2.23. The molecule has 3 atom stereocenters. The van der Waals surface area contributed by atoms with Crippen LogP contribution < -0.4 is 21.7 Å². The van der Waals surface area contributed by atoms with Gasteiger partial charge in [0.05, 0.1) is 6.54 Å². The number of phenolic OH excluding ortho intramolecular Hbond substituents is 1. The van der Waals surface area contributed by atoms with Gasteiger partial charge in [-0.25, -0.2) is 0 Å². The van der Waals surface area contributed by atoms with E-state index in [9.17, 15) is 24.3 Å². The Morgan fingerprint density at radius 1 is 1.04 bits per heavy atom. The summed E-state index contributed by atoms with van der Waals surface area (Å²) in [5, 5.41) is 25.4. The Balaban J connectivity index is 2.87. The molecule has 0 aliphatic carbocycles. The number of carbonyl (C=O) groups is 4. The lowest BCUT2D eigenvalue weighted by molar-refractivity contribution is -0.141. The number of carboxylic acids is 1. The first-order valence-corrected chi connectivity index (χ1v) is 9.03. The van der Waals surface area contributed by atoms with E-state index < -0.39 is 41.8 Å². The maximum absolute atomic E-state index is 12.6. The molecule has 154 valence electrons. The average Bonchev–Trinajstić information content (AvgIpc) is 2.66. The van der Waals surface area contributed by atoms with Crippen molar-refractivity contribution in [1.29, 1.82) is 0 Å². The van der Waals surface area contributed by atoms with Crippen LogP contribution in [0, 0.1) is 0 Å². The molecule has 3 unspecified atom stereocenters. The van der Waals surface area contributed by atoms with Crippen LogP contribution in [0.1, 0.15) is 12.5 Å². The minimum Gasteiger partial charge on any atom is -0.508 e. The second-order valence-corrected chi connectivity index (χ2v) is 6.37. The van der Waals surface area contributed by atoms with E-state index in [0.717, 1.165) is 0 Å². The van der Waals surface area contributed by atoms with Crippen molar-refractivity contribution in [2.24, 2.45) is 5.73 Å². The molecule has 0 saturated carbocycles. The summed E-state index contributed by atoms with van der Waals surface area (Å²) >= 11 is 4.01. The van der Waals surface area contributed by atoms with E-state index in [-0.39, 0.29) is 24.5 Å². The largest absolute Gasteiger partial charge is 0.508 e. The molecule has 0 aliphatic heterocycles. The van der Waals surface area contributed by atoms with Crippen molar-refractivity contribution in [3.63, 3.8) is 0 Å². The molecule has 11 heteroatoms. The number of nitrogens with one attached hydrogen (secondary N) is 3. The number of nitrogens with two attached hydrogens (primary N) is 1. The van der Waals surface area contributed by atoms with E-state index in [4.69, 9.17) is 10.8 Å². The van der Waals surface area contributed by atoms with Crippen LogP contribution in [-0.2, 0) is 25.6 Å². The SMILES string of the molecule is CC(NC(=O)C(CS)NC(=O)C(Cc1ccc(O)cc1)NC(=O)CN)C(=O)O.